The van der Waals surface area contributed by atoms with Crippen molar-refractivity contribution >= 4 is 5.95 Å². The number of imidazole rings is 1. The second kappa shape index (κ2) is 8.27. The Morgan fingerprint density at radius 3 is 2.90 bits per heavy atom. The van der Waals surface area contributed by atoms with Crippen molar-refractivity contribution in [2.45, 2.75) is 32.2 Å². The molecule has 0 radical (unpaired) electrons. The minimum Gasteiger partial charge on any atom is -0.385 e. The zero-order chi connectivity index (χ0) is 14.2. The highest BCUT2D eigenvalue weighted by Gasteiger charge is 2.21. The second-order valence-corrected chi connectivity index (χ2v) is 5.59. The SMILES string of the molecule is CNCCC1CCN(c2nccn2CCCOC)CC1. The van der Waals surface area contributed by atoms with Crippen LogP contribution >= 0.6 is 0 Å². The van der Waals surface area contributed by atoms with Crippen LogP contribution in [0.15, 0.2) is 12.4 Å². The van der Waals surface area contributed by atoms with Crippen LogP contribution in [0.3, 0.4) is 0 Å². The first-order chi connectivity index (χ1) is 9.85. The van der Waals surface area contributed by atoms with Crippen LogP contribution in [0.25, 0.3) is 0 Å². The Morgan fingerprint density at radius 1 is 1.40 bits per heavy atom. The Bertz CT molecular complexity index is 372. The summed E-state index contributed by atoms with van der Waals surface area (Å²) in [5.74, 6) is 2.00. The zero-order valence-corrected chi connectivity index (χ0v) is 12.8. The van der Waals surface area contributed by atoms with Gasteiger partial charge in [-0.15, -0.1) is 0 Å². The van der Waals surface area contributed by atoms with Gasteiger partial charge in [-0.05, 0) is 45.2 Å². The monoisotopic (exact) mass is 280 g/mol. The zero-order valence-electron chi connectivity index (χ0n) is 12.8. The molecule has 1 aliphatic rings. The van der Waals surface area contributed by atoms with Crippen molar-refractivity contribution in [2.24, 2.45) is 5.92 Å². The van der Waals surface area contributed by atoms with Gasteiger partial charge < -0.3 is 19.5 Å². The summed E-state index contributed by atoms with van der Waals surface area (Å²) in [6.45, 7) is 5.20. The van der Waals surface area contributed by atoms with Crippen molar-refractivity contribution in [3.63, 3.8) is 0 Å². The van der Waals surface area contributed by atoms with Gasteiger partial charge in [0.2, 0.25) is 5.95 Å². The largest absolute Gasteiger partial charge is 0.385 e. The Kier molecular flexibility index (Phi) is 6.33. The maximum absolute atomic E-state index is 5.12. The molecular weight excluding hydrogens is 252 g/mol. The average molecular weight is 280 g/mol. The molecule has 114 valence electrons. The van der Waals surface area contributed by atoms with Gasteiger partial charge in [0, 0.05) is 45.7 Å². The first-order valence-corrected chi connectivity index (χ1v) is 7.74. The minimum atomic E-state index is 0.809. The van der Waals surface area contributed by atoms with Crippen LogP contribution in [0.1, 0.15) is 25.7 Å². The quantitative estimate of drug-likeness (QED) is 0.737. The lowest BCUT2D eigenvalue weighted by Gasteiger charge is -2.33. The van der Waals surface area contributed by atoms with Gasteiger partial charge in [0.15, 0.2) is 0 Å². The van der Waals surface area contributed by atoms with Crippen molar-refractivity contribution in [2.75, 3.05) is 45.3 Å². The highest BCUT2D eigenvalue weighted by molar-refractivity contribution is 5.31. The predicted octanol–water partition coefficient (Wildman–Crippen LogP) is 1.75. The molecule has 0 unspecified atom stereocenters. The fraction of sp³-hybridized carbons (Fsp3) is 0.800. The summed E-state index contributed by atoms with van der Waals surface area (Å²) in [6, 6.07) is 0. The molecule has 2 heterocycles. The van der Waals surface area contributed by atoms with Crippen molar-refractivity contribution in [3.8, 4) is 0 Å². The fourth-order valence-corrected chi connectivity index (χ4v) is 2.91. The summed E-state index contributed by atoms with van der Waals surface area (Å²) >= 11 is 0. The topological polar surface area (TPSA) is 42.3 Å². The molecule has 1 saturated heterocycles. The highest BCUT2D eigenvalue weighted by atomic mass is 16.5. The van der Waals surface area contributed by atoms with E-state index in [0.29, 0.717) is 0 Å². The summed E-state index contributed by atoms with van der Waals surface area (Å²) in [6.07, 6.45) is 8.90. The molecule has 20 heavy (non-hydrogen) atoms. The molecule has 1 fully saturated rings. The third kappa shape index (κ3) is 4.21. The minimum absolute atomic E-state index is 0.809. The molecule has 0 bridgehead atoms. The molecule has 1 aromatic rings. The first-order valence-electron chi connectivity index (χ1n) is 7.74. The summed E-state index contributed by atoms with van der Waals surface area (Å²) in [4.78, 5) is 6.97. The molecule has 0 saturated carbocycles. The number of piperidine rings is 1. The number of anilines is 1. The summed E-state index contributed by atoms with van der Waals surface area (Å²) in [5.41, 5.74) is 0. The van der Waals surface area contributed by atoms with Crippen molar-refractivity contribution < 1.29 is 4.74 Å². The number of hydrogen-bond donors (Lipinski definition) is 1. The lowest BCUT2D eigenvalue weighted by molar-refractivity contribution is 0.190. The van der Waals surface area contributed by atoms with Gasteiger partial charge in [0.25, 0.3) is 0 Å². The molecule has 0 atom stereocenters. The van der Waals surface area contributed by atoms with Gasteiger partial charge in [-0.25, -0.2) is 4.98 Å². The van der Waals surface area contributed by atoms with E-state index in [-0.39, 0.29) is 0 Å². The number of nitrogens with one attached hydrogen (secondary N) is 1. The van der Waals surface area contributed by atoms with Crippen LogP contribution in [0, 0.1) is 5.92 Å². The van der Waals surface area contributed by atoms with Gasteiger partial charge >= 0.3 is 0 Å². The molecule has 5 heteroatoms. The van der Waals surface area contributed by atoms with Gasteiger partial charge in [-0.3, -0.25) is 0 Å². The van der Waals surface area contributed by atoms with Gasteiger partial charge in [0.1, 0.15) is 0 Å². The molecule has 0 amide bonds. The number of nitrogens with zero attached hydrogens (tertiary/aromatic N) is 3. The van der Waals surface area contributed by atoms with E-state index in [4.69, 9.17) is 4.74 Å². The molecule has 1 aliphatic heterocycles. The Hall–Kier alpha value is -1.07. The average Bonchev–Trinajstić information content (AvgIpc) is 2.94. The van der Waals surface area contributed by atoms with Crippen molar-refractivity contribution in [3.05, 3.63) is 12.4 Å². The molecule has 0 spiro atoms. The van der Waals surface area contributed by atoms with E-state index >= 15 is 0 Å². The lowest BCUT2D eigenvalue weighted by Crippen LogP contribution is -2.36. The second-order valence-electron chi connectivity index (χ2n) is 5.59. The Morgan fingerprint density at radius 2 is 2.20 bits per heavy atom. The van der Waals surface area contributed by atoms with E-state index in [1.54, 1.807) is 7.11 Å². The van der Waals surface area contributed by atoms with Crippen LogP contribution in [-0.4, -0.2) is 49.9 Å². The van der Waals surface area contributed by atoms with E-state index in [0.717, 1.165) is 51.1 Å². The van der Waals surface area contributed by atoms with E-state index in [1.807, 2.05) is 13.2 Å². The van der Waals surface area contributed by atoms with E-state index < -0.39 is 0 Å². The molecule has 5 nitrogen and oxygen atoms in total. The fourth-order valence-electron chi connectivity index (χ4n) is 2.91. The standard InChI is InChI=1S/C15H28N4O/c1-16-7-4-14-5-10-19(11-6-14)15-17-8-12-18(15)9-3-13-20-2/h8,12,14,16H,3-7,9-11,13H2,1-2H3. The van der Waals surface area contributed by atoms with Crippen molar-refractivity contribution in [1.82, 2.24) is 14.9 Å². The maximum Gasteiger partial charge on any atom is 0.205 e. The highest BCUT2D eigenvalue weighted by Crippen LogP contribution is 2.24. The number of ether oxygens (including phenoxy) is 1. The van der Waals surface area contributed by atoms with Gasteiger partial charge in [0.05, 0.1) is 0 Å². The normalized spacial score (nSPS) is 16.8. The van der Waals surface area contributed by atoms with Crippen LogP contribution < -0.4 is 10.2 Å². The third-order valence-electron chi connectivity index (χ3n) is 4.14. The third-order valence-corrected chi connectivity index (χ3v) is 4.14. The smallest absolute Gasteiger partial charge is 0.205 e. The number of hydrogen-bond acceptors (Lipinski definition) is 4. The molecule has 1 aromatic heterocycles. The maximum atomic E-state index is 5.12. The molecular formula is C15H28N4O. The van der Waals surface area contributed by atoms with Gasteiger partial charge in [-0.1, -0.05) is 0 Å². The molecule has 1 N–H and O–H groups in total. The lowest BCUT2D eigenvalue weighted by atomic mass is 9.94. The molecule has 0 aliphatic carbocycles. The number of aryl methyl sites for hydroxylation is 1. The predicted molar refractivity (Wildman–Crippen MR) is 82.2 cm³/mol. The number of rotatable bonds is 8. The molecule has 0 aromatic carbocycles. The van der Waals surface area contributed by atoms with E-state index in [9.17, 15) is 0 Å². The molecule has 2 rings (SSSR count). The van der Waals surface area contributed by atoms with E-state index in [2.05, 4.69) is 26.0 Å². The van der Waals surface area contributed by atoms with Gasteiger partial charge in [-0.2, -0.15) is 0 Å². The number of aromatic nitrogens is 2. The van der Waals surface area contributed by atoms with Crippen LogP contribution in [0.4, 0.5) is 5.95 Å². The Labute approximate surface area is 122 Å². The summed E-state index contributed by atoms with van der Waals surface area (Å²) < 4.78 is 7.38. The number of methoxy groups -OCH3 is 1. The van der Waals surface area contributed by atoms with Crippen LogP contribution in [0.2, 0.25) is 0 Å². The first kappa shape index (κ1) is 15.3. The van der Waals surface area contributed by atoms with Crippen molar-refractivity contribution in [1.29, 1.82) is 0 Å². The summed E-state index contributed by atoms with van der Waals surface area (Å²) in [7, 11) is 3.79. The summed E-state index contributed by atoms with van der Waals surface area (Å²) in [5, 5.41) is 3.25. The Balaban J connectivity index is 1.82. The van der Waals surface area contributed by atoms with Crippen LogP contribution in [0.5, 0.6) is 0 Å². The van der Waals surface area contributed by atoms with E-state index in [1.165, 1.54) is 19.3 Å². The van der Waals surface area contributed by atoms with Crippen LogP contribution in [-0.2, 0) is 11.3 Å².